The molecule has 144 valence electrons. The molecule has 1 heterocycles. The Morgan fingerprint density at radius 3 is 2.48 bits per heavy atom. The zero-order valence-corrected chi connectivity index (χ0v) is 16.3. The number of amides is 1. The Bertz CT molecular complexity index is 1110. The van der Waals surface area contributed by atoms with Gasteiger partial charge in [-0.15, -0.1) is 0 Å². The summed E-state index contributed by atoms with van der Waals surface area (Å²) in [6.45, 7) is 1.54. The number of benzene rings is 2. The van der Waals surface area contributed by atoms with Gasteiger partial charge in [-0.1, -0.05) is 6.07 Å². The minimum Gasteiger partial charge on any atom is -0.497 e. The van der Waals surface area contributed by atoms with Gasteiger partial charge in [0.05, 0.1) is 29.1 Å². The fourth-order valence-corrected chi connectivity index (χ4v) is 5.56. The maximum Gasteiger partial charge on any atom is 0.262 e. The van der Waals surface area contributed by atoms with Crippen molar-refractivity contribution in [2.24, 2.45) is 0 Å². The highest BCUT2D eigenvalue weighted by Gasteiger charge is 2.36. The van der Waals surface area contributed by atoms with Crippen LogP contribution in [0.3, 0.4) is 0 Å². The number of nitrogens with one attached hydrogen (secondary N) is 1. The van der Waals surface area contributed by atoms with E-state index < -0.39 is 26.0 Å². The highest BCUT2D eigenvalue weighted by Crippen LogP contribution is 2.29. The monoisotopic (exact) mass is 410 g/mol. The lowest BCUT2D eigenvalue weighted by molar-refractivity contribution is -0.116. The minimum atomic E-state index is -3.91. The number of hydrogen-bond acceptors (Lipinski definition) is 6. The van der Waals surface area contributed by atoms with Gasteiger partial charge >= 0.3 is 0 Å². The van der Waals surface area contributed by atoms with Gasteiger partial charge in [0.25, 0.3) is 10.0 Å². The average molecular weight is 410 g/mol. The van der Waals surface area contributed by atoms with E-state index in [2.05, 4.69) is 4.72 Å². The topological polar surface area (TPSA) is 110 Å². The normalized spacial score (nSPS) is 16.4. The molecule has 0 aliphatic carbocycles. The molecule has 0 spiro atoms. The van der Waals surface area contributed by atoms with Gasteiger partial charge in [0, 0.05) is 12.5 Å². The summed E-state index contributed by atoms with van der Waals surface area (Å²) in [5.41, 5.74) is 0.781. The number of rotatable bonds is 5. The number of carbonyl (C=O) groups excluding carboxylic acids is 1. The molecular weight excluding hydrogens is 392 g/mol. The molecule has 1 aliphatic heterocycles. The average Bonchev–Trinajstić information content (AvgIpc) is 2.87. The van der Waals surface area contributed by atoms with Crippen LogP contribution in [0.1, 0.15) is 12.0 Å². The lowest BCUT2D eigenvalue weighted by Crippen LogP contribution is -2.29. The first-order valence-electron chi connectivity index (χ1n) is 7.97. The van der Waals surface area contributed by atoms with E-state index in [1.807, 2.05) is 0 Å². The van der Waals surface area contributed by atoms with Crippen molar-refractivity contribution in [1.29, 1.82) is 0 Å². The second-order valence-electron chi connectivity index (χ2n) is 6.01. The van der Waals surface area contributed by atoms with E-state index in [9.17, 15) is 21.6 Å². The number of nitrogens with zero attached hydrogens (tertiary/aromatic N) is 1. The van der Waals surface area contributed by atoms with Crippen LogP contribution >= 0.6 is 0 Å². The summed E-state index contributed by atoms with van der Waals surface area (Å²) in [7, 11) is -6.14. The fourth-order valence-electron chi connectivity index (χ4n) is 2.83. The van der Waals surface area contributed by atoms with Crippen molar-refractivity contribution in [3.63, 3.8) is 0 Å². The molecule has 0 unspecified atom stereocenters. The van der Waals surface area contributed by atoms with E-state index in [0.29, 0.717) is 17.0 Å². The molecule has 0 aromatic heterocycles. The minimum absolute atomic E-state index is 0.0156. The third-order valence-corrected chi connectivity index (χ3v) is 7.32. The summed E-state index contributed by atoms with van der Waals surface area (Å²) >= 11 is 0. The molecule has 1 aliphatic rings. The Labute approximate surface area is 157 Å². The molecule has 27 heavy (non-hydrogen) atoms. The van der Waals surface area contributed by atoms with Gasteiger partial charge in [-0.2, -0.15) is 0 Å². The number of aryl methyl sites for hydroxylation is 1. The lowest BCUT2D eigenvalue weighted by atomic mass is 10.2. The highest BCUT2D eigenvalue weighted by molar-refractivity contribution is 7.94. The summed E-state index contributed by atoms with van der Waals surface area (Å²) in [5, 5.41) is 0. The van der Waals surface area contributed by atoms with Gasteiger partial charge in [-0.3, -0.25) is 9.52 Å². The molecule has 1 saturated heterocycles. The largest absolute Gasteiger partial charge is 0.497 e. The molecule has 0 radical (unpaired) electrons. The second-order valence-corrected chi connectivity index (χ2v) is 9.60. The summed E-state index contributed by atoms with van der Waals surface area (Å²) in [6.07, 6.45) is -0.0845. The van der Waals surface area contributed by atoms with Crippen LogP contribution in [0, 0.1) is 6.92 Å². The first-order chi connectivity index (χ1) is 12.6. The predicted octanol–water partition coefficient (Wildman–Crippen LogP) is 1.87. The van der Waals surface area contributed by atoms with Crippen LogP contribution in [0.4, 0.5) is 11.4 Å². The molecule has 1 N–H and O–H groups in total. The molecule has 0 saturated carbocycles. The quantitative estimate of drug-likeness (QED) is 0.806. The number of hydrogen-bond donors (Lipinski definition) is 1. The molecular formula is C17H18N2O6S2. The van der Waals surface area contributed by atoms with Crippen LogP contribution in [-0.2, 0) is 24.8 Å². The summed E-state index contributed by atoms with van der Waals surface area (Å²) < 4.78 is 57.7. The van der Waals surface area contributed by atoms with E-state index in [1.165, 1.54) is 38.3 Å². The molecule has 0 bridgehead atoms. The van der Waals surface area contributed by atoms with Gasteiger partial charge in [0.1, 0.15) is 5.75 Å². The molecule has 10 heteroatoms. The van der Waals surface area contributed by atoms with Crippen molar-refractivity contribution in [2.45, 2.75) is 18.2 Å². The van der Waals surface area contributed by atoms with E-state index in [4.69, 9.17) is 4.74 Å². The van der Waals surface area contributed by atoms with Crippen LogP contribution < -0.4 is 13.8 Å². The zero-order valence-electron chi connectivity index (χ0n) is 14.7. The van der Waals surface area contributed by atoms with Gasteiger partial charge < -0.3 is 4.74 Å². The van der Waals surface area contributed by atoms with Crippen LogP contribution in [0.5, 0.6) is 5.75 Å². The van der Waals surface area contributed by atoms with Crippen LogP contribution in [-0.4, -0.2) is 35.6 Å². The number of carbonyl (C=O) groups is 1. The number of ether oxygens (including phenoxy) is 1. The third-order valence-electron chi connectivity index (χ3n) is 4.08. The summed E-state index contributed by atoms with van der Waals surface area (Å²) in [4.78, 5) is 11.9. The molecule has 2 aromatic rings. The summed E-state index contributed by atoms with van der Waals surface area (Å²) in [5.74, 6) is -0.276. The Kier molecular flexibility index (Phi) is 4.87. The van der Waals surface area contributed by atoms with Crippen molar-refractivity contribution in [3.8, 4) is 5.75 Å². The maximum atomic E-state index is 12.7. The molecule has 2 aromatic carbocycles. The summed E-state index contributed by atoms with van der Waals surface area (Å²) in [6, 6.07) is 10.4. The fraction of sp³-hybridized carbons (Fsp3) is 0.235. The predicted molar refractivity (Wildman–Crippen MR) is 101 cm³/mol. The molecule has 0 atom stereocenters. The van der Waals surface area contributed by atoms with E-state index in [1.54, 1.807) is 18.2 Å². The SMILES string of the molecule is COc1cccc(NS(=O)(=O)c2ccc(N3C(=O)CCS3(=O)=O)cc2C)c1. The van der Waals surface area contributed by atoms with E-state index >= 15 is 0 Å². The Balaban J connectivity index is 1.94. The van der Waals surface area contributed by atoms with Crippen molar-refractivity contribution >= 4 is 37.3 Å². The standard InChI is InChI=1S/C17H18N2O6S2/c1-12-10-14(19-17(20)8-9-26(19,21)22)6-7-16(12)27(23,24)18-13-4-3-5-15(11-13)25-2/h3-7,10-11,18H,8-9H2,1-2H3. The van der Waals surface area contributed by atoms with Crippen molar-refractivity contribution < 1.29 is 26.4 Å². The van der Waals surface area contributed by atoms with E-state index in [0.717, 1.165) is 4.31 Å². The smallest absolute Gasteiger partial charge is 0.262 e. The highest BCUT2D eigenvalue weighted by atomic mass is 32.2. The van der Waals surface area contributed by atoms with Crippen molar-refractivity contribution in [3.05, 3.63) is 48.0 Å². The van der Waals surface area contributed by atoms with Gasteiger partial charge in [-0.25, -0.2) is 21.1 Å². The van der Waals surface area contributed by atoms with Crippen molar-refractivity contribution in [2.75, 3.05) is 21.9 Å². The molecule has 8 nitrogen and oxygen atoms in total. The number of anilines is 2. The lowest BCUT2D eigenvalue weighted by Gasteiger charge is -2.17. The van der Waals surface area contributed by atoms with Crippen LogP contribution in [0.2, 0.25) is 0 Å². The van der Waals surface area contributed by atoms with E-state index in [-0.39, 0.29) is 22.8 Å². The number of sulfonamides is 2. The number of methoxy groups -OCH3 is 1. The van der Waals surface area contributed by atoms with Crippen LogP contribution in [0.15, 0.2) is 47.4 Å². The van der Waals surface area contributed by atoms with Crippen molar-refractivity contribution in [1.82, 2.24) is 0 Å². The Morgan fingerprint density at radius 2 is 1.89 bits per heavy atom. The third kappa shape index (κ3) is 3.76. The maximum absolute atomic E-state index is 12.7. The first kappa shape index (κ1) is 19.2. The molecule has 1 amide bonds. The second kappa shape index (κ2) is 6.86. The molecule has 3 rings (SSSR count). The first-order valence-corrected chi connectivity index (χ1v) is 11.1. The molecule has 1 fully saturated rings. The van der Waals surface area contributed by atoms with Crippen LogP contribution in [0.25, 0.3) is 0 Å². The zero-order chi connectivity index (χ0) is 19.8. The van der Waals surface area contributed by atoms with Gasteiger partial charge in [0.15, 0.2) is 0 Å². The Morgan fingerprint density at radius 1 is 1.15 bits per heavy atom. The van der Waals surface area contributed by atoms with Gasteiger partial charge in [0.2, 0.25) is 15.9 Å². The Hall–Kier alpha value is -2.59. The van der Waals surface area contributed by atoms with Gasteiger partial charge in [-0.05, 0) is 42.8 Å².